The van der Waals surface area contributed by atoms with Gasteiger partial charge in [-0.2, -0.15) is 0 Å². The monoisotopic (exact) mass is 317 g/mol. The van der Waals surface area contributed by atoms with Crippen LogP contribution in [-0.2, 0) is 4.79 Å². The van der Waals surface area contributed by atoms with Gasteiger partial charge in [0.2, 0.25) is 5.91 Å². The zero-order chi connectivity index (χ0) is 12.4. The van der Waals surface area contributed by atoms with Crippen LogP contribution in [0, 0.1) is 5.92 Å². The number of hydrogen-bond acceptors (Lipinski definition) is 3. The number of rotatable bonds is 2. The smallest absolute Gasteiger partial charge is 0.220 e. The van der Waals surface area contributed by atoms with Gasteiger partial charge < -0.3 is 10.6 Å². The molecule has 0 atom stereocenters. The number of amides is 1. The fraction of sp³-hybridized carbons (Fsp3) is 0.455. The van der Waals surface area contributed by atoms with Crippen molar-refractivity contribution in [2.75, 3.05) is 18.0 Å². The van der Waals surface area contributed by atoms with Crippen molar-refractivity contribution in [3.63, 3.8) is 0 Å². The molecule has 1 amide bonds. The summed E-state index contributed by atoms with van der Waals surface area (Å²) in [5.74, 6) is 0.553. The van der Waals surface area contributed by atoms with Crippen LogP contribution in [-0.4, -0.2) is 24.0 Å². The molecule has 0 aliphatic carbocycles. The highest BCUT2D eigenvalue weighted by atomic mass is 79.9. The van der Waals surface area contributed by atoms with Crippen molar-refractivity contribution < 1.29 is 4.79 Å². The summed E-state index contributed by atoms with van der Waals surface area (Å²) in [4.78, 5) is 17.5. The summed E-state index contributed by atoms with van der Waals surface area (Å²) in [6.45, 7) is 1.53. The molecule has 2 heterocycles. The van der Waals surface area contributed by atoms with Crippen molar-refractivity contribution in [3.05, 3.63) is 21.8 Å². The Kier molecular flexibility index (Phi) is 3.89. The van der Waals surface area contributed by atoms with Gasteiger partial charge in [-0.05, 0) is 34.8 Å². The molecule has 0 spiro atoms. The maximum Gasteiger partial charge on any atom is 0.220 e. The zero-order valence-corrected chi connectivity index (χ0v) is 11.5. The molecular weight excluding hydrogens is 305 g/mol. The van der Waals surface area contributed by atoms with E-state index >= 15 is 0 Å². The van der Waals surface area contributed by atoms with E-state index in [9.17, 15) is 4.79 Å². The number of carbonyl (C=O) groups excluding carboxylic acids is 1. The molecule has 1 fully saturated rings. The number of halogens is 2. The van der Waals surface area contributed by atoms with Crippen LogP contribution in [0.2, 0.25) is 5.02 Å². The first-order valence-corrected chi connectivity index (χ1v) is 6.60. The van der Waals surface area contributed by atoms with Crippen molar-refractivity contribution in [1.29, 1.82) is 0 Å². The minimum absolute atomic E-state index is 0.0135. The number of piperidine rings is 1. The topological polar surface area (TPSA) is 59.2 Å². The Bertz CT molecular complexity index is 433. The number of pyridine rings is 1. The Morgan fingerprint density at radius 3 is 2.71 bits per heavy atom. The second-order valence-electron chi connectivity index (χ2n) is 4.12. The lowest BCUT2D eigenvalue weighted by Gasteiger charge is -2.31. The maximum absolute atomic E-state index is 11.1. The van der Waals surface area contributed by atoms with E-state index in [1.165, 1.54) is 0 Å². The first-order chi connectivity index (χ1) is 8.08. The molecule has 92 valence electrons. The lowest BCUT2D eigenvalue weighted by molar-refractivity contribution is -0.122. The molecule has 0 saturated carbocycles. The molecule has 17 heavy (non-hydrogen) atoms. The van der Waals surface area contributed by atoms with E-state index in [2.05, 4.69) is 25.8 Å². The normalized spacial score (nSPS) is 17.2. The molecule has 2 rings (SSSR count). The summed E-state index contributed by atoms with van der Waals surface area (Å²) in [6.07, 6.45) is 3.26. The van der Waals surface area contributed by atoms with Gasteiger partial charge in [0, 0.05) is 29.7 Å². The van der Waals surface area contributed by atoms with Gasteiger partial charge in [0.15, 0.2) is 0 Å². The molecule has 1 saturated heterocycles. The van der Waals surface area contributed by atoms with Crippen LogP contribution < -0.4 is 10.6 Å². The average Bonchev–Trinajstić information content (AvgIpc) is 2.29. The number of nitrogens with two attached hydrogens (primary N) is 1. The SMILES string of the molecule is NC(=O)C1CCN(c2ncc(Br)cc2Cl)CC1. The first kappa shape index (κ1) is 12.6. The van der Waals surface area contributed by atoms with Gasteiger partial charge in [-0.15, -0.1) is 0 Å². The maximum atomic E-state index is 11.1. The summed E-state index contributed by atoms with van der Waals surface area (Å²) in [7, 11) is 0. The molecule has 0 radical (unpaired) electrons. The van der Waals surface area contributed by atoms with Crippen LogP contribution in [0.3, 0.4) is 0 Å². The largest absolute Gasteiger partial charge is 0.369 e. The highest BCUT2D eigenvalue weighted by molar-refractivity contribution is 9.10. The number of aromatic nitrogens is 1. The molecule has 0 aromatic carbocycles. The van der Waals surface area contributed by atoms with E-state index in [-0.39, 0.29) is 11.8 Å². The van der Waals surface area contributed by atoms with E-state index in [0.29, 0.717) is 5.02 Å². The first-order valence-electron chi connectivity index (χ1n) is 5.43. The van der Waals surface area contributed by atoms with Crippen LogP contribution in [0.15, 0.2) is 16.7 Å². The predicted molar refractivity (Wildman–Crippen MR) is 71.1 cm³/mol. The fourth-order valence-electron chi connectivity index (χ4n) is 2.02. The van der Waals surface area contributed by atoms with Gasteiger partial charge >= 0.3 is 0 Å². The van der Waals surface area contributed by atoms with Crippen LogP contribution in [0.1, 0.15) is 12.8 Å². The second-order valence-corrected chi connectivity index (χ2v) is 5.45. The van der Waals surface area contributed by atoms with Crippen molar-refractivity contribution in [2.45, 2.75) is 12.8 Å². The minimum atomic E-state index is -0.209. The van der Waals surface area contributed by atoms with Crippen LogP contribution >= 0.6 is 27.5 Å². The summed E-state index contributed by atoms with van der Waals surface area (Å²) in [5.41, 5.74) is 5.30. The summed E-state index contributed by atoms with van der Waals surface area (Å²) in [6, 6.07) is 1.82. The average molecular weight is 319 g/mol. The quantitative estimate of drug-likeness (QED) is 0.909. The Balaban J connectivity index is 2.08. The lowest BCUT2D eigenvalue weighted by Crippen LogP contribution is -2.39. The predicted octanol–water partition coefficient (Wildman–Crippen LogP) is 2.20. The second kappa shape index (κ2) is 5.23. The van der Waals surface area contributed by atoms with Gasteiger partial charge in [0.25, 0.3) is 0 Å². The zero-order valence-electron chi connectivity index (χ0n) is 9.20. The number of carbonyl (C=O) groups is 1. The standard InChI is InChI=1S/C11H13BrClN3O/c12-8-5-9(13)11(15-6-8)16-3-1-7(2-4-16)10(14)17/h5-7H,1-4H2,(H2,14,17). The van der Waals surface area contributed by atoms with Gasteiger partial charge in [0.05, 0.1) is 5.02 Å². The minimum Gasteiger partial charge on any atom is -0.369 e. The molecule has 1 aromatic heterocycles. The van der Waals surface area contributed by atoms with Crippen LogP contribution in [0.5, 0.6) is 0 Å². The summed E-state index contributed by atoms with van der Waals surface area (Å²) < 4.78 is 0.860. The van der Waals surface area contributed by atoms with Crippen molar-refractivity contribution in [3.8, 4) is 0 Å². The van der Waals surface area contributed by atoms with Crippen molar-refractivity contribution >= 4 is 39.3 Å². The molecule has 0 bridgehead atoms. The van der Waals surface area contributed by atoms with E-state index in [1.807, 2.05) is 6.07 Å². The van der Waals surface area contributed by atoms with Crippen LogP contribution in [0.4, 0.5) is 5.82 Å². The van der Waals surface area contributed by atoms with E-state index in [1.54, 1.807) is 6.20 Å². The molecule has 4 nitrogen and oxygen atoms in total. The molecular formula is C11H13BrClN3O. The highest BCUT2D eigenvalue weighted by Gasteiger charge is 2.24. The molecule has 1 aliphatic heterocycles. The number of nitrogens with zero attached hydrogens (tertiary/aromatic N) is 2. The number of primary amides is 1. The van der Waals surface area contributed by atoms with E-state index < -0.39 is 0 Å². The molecule has 1 aliphatic rings. The molecule has 6 heteroatoms. The molecule has 2 N–H and O–H groups in total. The third-order valence-corrected chi connectivity index (χ3v) is 3.70. The third-order valence-electron chi connectivity index (χ3n) is 2.99. The van der Waals surface area contributed by atoms with Crippen molar-refractivity contribution in [1.82, 2.24) is 4.98 Å². The van der Waals surface area contributed by atoms with Gasteiger partial charge in [-0.25, -0.2) is 4.98 Å². The molecule has 1 aromatic rings. The Morgan fingerprint density at radius 2 is 2.18 bits per heavy atom. The summed E-state index contributed by atoms with van der Waals surface area (Å²) >= 11 is 9.46. The lowest BCUT2D eigenvalue weighted by atomic mass is 9.96. The van der Waals surface area contributed by atoms with E-state index in [4.69, 9.17) is 17.3 Å². The Morgan fingerprint density at radius 1 is 1.53 bits per heavy atom. The number of anilines is 1. The van der Waals surface area contributed by atoms with Crippen molar-refractivity contribution in [2.24, 2.45) is 11.7 Å². The Labute approximate surface area is 113 Å². The van der Waals surface area contributed by atoms with Gasteiger partial charge in [-0.3, -0.25) is 4.79 Å². The number of hydrogen-bond donors (Lipinski definition) is 1. The van der Waals surface area contributed by atoms with Gasteiger partial charge in [0.1, 0.15) is 5.82 Å². The Hall–Kier alpha value is -0.810. The highest BCUT2D eigenvalue weighted by Crippen LogP contribution is 2.29. The fourth-order valence-corrected chi connectivity index (χ4v) is 2.76. The van der Waals surface area contributed by atoms with E-state index in [0.717, 1.165) is 36.2 Å². The van der Waals surface area contributed by atoms with Crippen LogP contribution in [0.25, 0.3) is 0 Å². The summed E-state index contributed by atoms with van der Waals surface area (Å²) in [5, 5.41) is 0.622. The molecule has 0 unspecified atom stereocenters. The third kappa shape index (κ3) is 2.90. The van der Waals surface area contributed by atoms with Gasteiger partial charge in [-0.1, -0.05) is 11.6 Å².